The minimum atomic E-state index is -3.71. The Balaban J connectivity index is 1.71. The first-order valence-corrected chi connectivity index (χ1v) is 11.8. The average Bonchev–Trinajstić information content (AvgIpc) is 3.27. The van der Waals surface area contributed by atoms with Gasteiger partial charge in [-0.25, -0.2) is 8.42 Å². The van der Waals surface area contributed by atoms with Crippen LogP contribution in [0, 0.1) is 0 Å². The zero-order chi connectivity index (χ0) is 20.9. The lowest BCUT2D eigenvalue weighted by molar-refractivity contribution is -0.116. The van der Waals surface area contributed by atoms with Crippen LogP contribution < -0.4 is 10.1 Å². The molecule has 0 saturated carbocycles. The van der Waals surface area contributed by atoms with E-state index in [2.05, 4.69) is 5.32 Å². The van der Waals surface area contributed by atoms with E-state index >= 15 is 0 Å². The molecule has 9 heteroatoms. The number of ether oxygens (including phenoxy) is 1. The first-order valence-electron chi connectivity index (χ1n) is 9.46. The molecule has 2 heterocycles. The van der Waals surface area contributed by atoms with Gasteiger partial charge in [0.2, 0.25) is 15.9 Å². The molecule has 0 radical (unpaired) electrons. The zero-order valence-corrected chi connectivity index (χ0v) is 17.9. The van der Waals surface area contributed by atoms with Crippen molar-refractivity contribution in [3.63, 3.8) is 0 Å². The van der Waals surface area contributed by atoms with E-state index in [0.29, 0.717) is 23.7 Å². The Morgan fingerprint density at radius 2 is 1.90 bits per heavy atom. The lowest BCUT2D eigenvalue weighted by Gasteiger charge is -2.26. The summed E-state index contributed by atoms with van der Waals surface area (Å²) >= 11 is 1.34. The maximum Gasteiger partial charge on any atom is 0.246 e. The number of carbonyl (C=O) groups excluding carboxylic acids is 2. The second-order valence-corrected chi connectivity index (χ2v) is 9.63. The second kappa shape index (κ2) is 9.51. The lowest BCUT2D eigenvalue weighted by Crippen LogP contribution is -2.35. The van der Waals surface area contributed by atoms with Crippen LogP contribution in [-0.4, -0.2) is 44.6 Å². The van der Waals surface area contributed by atoms with Crippen molar-refractivity contribution in [1.82, 2.24) is 4.31 Å². The van der Waals surface area contributed by atoms with Crippen LogP contribution in [0.25, 0.3) is 0 Å². The number of rotatable bonds is 8. The molecule has 1 aliphatic rings. The second-order valence-electron chi connectivity index (χ2n) is 6.78. The summed E-state index contributed by atoms with van der Waals surface area (Å²) in [5.41, 5.74) is 0.356. The highest BCUT2D eigenvalue weighted by molar-refractivity contribution is 7.89. The SMILES string of the molecule is COc1ccc(NC(=O)CCC(=O)c2cccs2)cc1S(=O)(=O)N1CCCCC1. The number of hydrogen-bond acceptors (Lipinski definition) is 6. The van der Waals surface area contributed by atoms with Crippen molar-refractivity contribution < 1.29 is 22.7 Å². The first-order chi connectivity index (χ1) is 13.9. The number of piperidine rings is 1. The number of Topliss-reactive ketones (excluding diaryl/α,β-unsaturated/α-hetero) is 1. The highest BCUT2D eigenvalue weighted by atomic mass is 32.2. The van der Waals surface area contributed by atoms with Crippen LogP contribution in [0.2, 0.25) is 0 Å². The predicted octanol–water partition coefficient (Wildman–Crippen LogP) is 3.53. The minimum absolute atomic E-state index is 0.0248. The monoisotopic (exact) mass is 436 g/mol. The molecule has 0 unspecified atom stereocenters. The molecule has 156 valence electrons. The molecule has 0 spiro atoms. The van der Waals surface area contributed by atoms with E-state index in [-0.39, 0.29) is 35.2 Å². The molecule has 0 atom stereocenters. The van der Waals surface area contributed by atoms with E-state index in [1.54, 1.807) is 18.2 Å². The van der Waals surface area contributed by atoms with Crippen molar-refractivity contribution in [3.8, 4) is 5.75 Å². The van der Waals surface area contributed by atoms with Gasteiger partial charge in [0.1, 0.15) is 10.6 Å². The van der Waals surface area contributed by atoms with Gasteiger partial charge >= 0.3 is 0 Å². The maximum absolute atomic E-state index is 13.0. The number of anilines is 1. The summed E-state index contributed by atoms with van der Waals surface area (Å²) in [6, 6.07) is 8.06. The average molecular weight is 437 g/mol. The van der Waals surface area contributed by atoms with Crippen LogP contribution in [0.1, 0.15) is 41.8 Å². The number of nitrogens with one attached hydrogen (secondary N) is 1. The Morgan fingerprint density at radius 3 is 2.55 bits per heavy atom. The van der Waals surface area contributed by atoms with E-state index in [9.17, 15) is 18.0 Å². The van der Waals surface area contributed by atoms with Gasteiger partial charge in [-0.1, -0.05) is 12.5 Å². The van der Waals surface area contributed by atoms with Crippen molar-refractivity contribution in [2.75, 3.05) is 25.5 Å². The van der Waals surface area contributed by atoms with Gasteiger partial charge in [0.05, 0.1) is 12.0 Å². The Morgan fingerprint density at radius 1 is 1.14 bits per heavy atom. The molecule has 0 bridgehead atoms. The summed E-state index contributed by atoms with van der Waals surface area (Å²) in [7, 11) is -2.30. The number of thiophene rings is 1. The summed E-state index contributed by atoms with van der Waals surface area (Å²) in [5.74, 6) is -0.193. The summed E-state index contributed by atoms with van der Waals surface area (Å²) in [6.45, 7) is 0.958. The third-order valence-electron chi connectivity index (χ3n) is 4.76. The van der Waals surface area contributed by atoms with Gasteiger partial charge in [-0.05, 0) is 42.5 Å². The van der Waals surface area contributed by atoms with Crippen LogP contribution in [0.4, 0.5) is 5.69 Å². The van der Waals surface area contributed by atoms with Crippen molar-refractivity contribution >= 4 is 38.7 Å². The Kier molecular flexibility index (Phi) is 7.05. The van der Waals surface area contributed by atoms with Gasteiger partial charge in [0.25, 0.3) is 0 Å². The summed E-state index contributed by atoms with van der Waals surface area (Å²) in [4.78, 5) is 24.9. The number of amides is 1. The number of methoxy groups -OCH3 is 1. The minimum Gasteiger partial charge on any atom is -0.495 e. The van der Waals surface area contributed by atoms with Crippen molar-refractivity contribution in [3.05, 3.63) is 40.6 Å². The third-order valence-corrected chi connectivity index (χ3v) is 7.59. The summed E-state index contributed by atoms with van der Waals surface area (Å²) in [5, 5.41) is 4.50. The third kappa shape index (κ3) is 5.23. The topological polar surface area (TPSA) is 92.8 Å². The van der Waals surface area contributed by atoms with E-state index < -0.39 is 10.0 Å². The summed E-state index contributed by atoms with van der Waals surface area (Å²) in [6.07, 6.45) is 2.80. The molecule has 1 aromatic heterocycles. The molecule has 1 aliphatic heterocycles. The lowest BCUT2D eigenvalue weighted by atomic mass is 10.2. The van der Waals surface area contributed by atoms with Crippen molar-refractivity contribution in [2.45, 2.75) is 37.0 Å². The molecular formula is C20H24N2O5S2. The van der Waals surface area contributed by atoms with E-state index in [0.717, 1.165) is 19.3 Å². The largest absolute Gasteiger partial charge is 0.495 e. The van der Waals surface area contributed by atoms with E-state index in [4.69, 9.17) is 4.74 Å². The molecule has 2 aromatic rings. The predicted molar refractivity (Wildman–Crippen MR) is 112 cm³/mol. The molecule has 7 nitrogen and oxygen atoms in total. The molecule has 1 N–H and O–H groups in total. The molecular weight excluding hydrogens is 412 g/mol. The molecule has 3 rings (SSSR count). The maximum atomic E-state index is 13.0. The van der Waals surface area contributed by atoms with Crippen LogP contribution in [-0.2, 0) is 14.8 Å². The molecule has 1 amide bonds. The quantitative estimate of drug-likeness (QED) is 0.639. The number of benzene rings is 1. The highest BCUT2D eigenvalue weighted by Crippen LogP contribution is 2.31. The fourth-order valence-corrected chi connectivity index (χ4v) is 5.60. The van der Waals surface area contributed by atoms with Gasteiger partial charge in [-0.15, -0.1) is 11.3 Å². The molecule has 0 aliphatic carbocycles. The van der Waals surface area contributed by atoms with Crippen molar-refractivity contribution in [1.29, 1.82) is 0 Å². The summed E-state index contributed by atoms with van der Waals surface area (Å²) < 4.78 is 32.8. The normalized spacial score (nSPS) is 15.1. The zero-order valence-electron chi connectivity index (χ0n) is 16.2. The Bertz CT molecular complexity index is 965. The number of hydrogen-bond donors (Lipinski definition) is 1. The van der Waals surface area contributed by atoms with Crippen LogP contribution in [0.5, 0.6) is 5.75 Å². The number of ketones is 1. The fourth-order valence-electron chi connectivity index (χ4n) is 3.21. The smallest absolute Gasteiger partial charge is 0.246 e. The van der Waals surface area contributed by atoms with Crippen LogP contribution in [0.3, 0.4) is 0 Å². The standard InChI is InChI=1S/C20H24N2O5S2/c1-27-17-9-7-15(14-19(17)29(25,26)22-11-3-2-4-12-22)21-20(24)10-8-16(23)18-6-5-13-28-18/h5-7,9,13-14H,2-4,8,10-12H2,1H3,(H,21,24). The van der Waals surface area contributed by atoms with Crippen LogP contribution in [0.15, 0.2) is 40.6 Å². The first kappa shape index (κ1) is 21.5. The van der Waals surface area contributed by atoms with Gasteiger partial charge in [-0.2, -0.15) is 4.31 Å². The molecule has 29 heavy (non-hydrogen) atoms. The van der Waals surface area contributed by atoms with Gasteiger partial charge in [-0.3, -0.25) is 9.59 Å². The Labute approximate surface area is 174 Å². The van der Waals surface area contributed by atoms with E-state index in [1.165, 1.54) is 34.9 Å². The molecule has 1 saturated heterocycles. The molecule has 1 aromatic carbocycles. The van der Waals surface area contributed by atoms with E-state index in [1.807, 2.05) is 5.38 Å². The highest BCUT2D eigenvalue weighted by Gasteiger charge is 2.29. The fraction of sp³-hybridized carbons (Fsp3) is 0.400. The number of sulfonamides is 1. The number of nitrogens with zero attached hydrogens (tertiary/aromatic N) is 1. The van der Waals surface area contributed by atoms with Crippen LogP contribution >= 0.6 is 11.3 Å². The number of carbonyl (C=O) groups is 2. The van der Waals surface area contributed by atoms with Gasteiger partial charge in [0, 0.05) is 31.6 Å². The van der Waals surface area contributed by atoms with Crippen molar-refractivity contribution in [2.24, 2.45) is 0 Å². The molecule has 1 fully saturated rings. The van der Waals surface area contributed by atoms with Gasteiger partial charge in [0.15, 0.2) is 5.78 Å². The Hall–Kier alpha value is -2.23. The van der Waals surface area contributed by atoms with Gasteiger partial charge < -0.3 is 10.1 Å².